The Kier molecular flexibility index (Phi) is 13.3. The standard InChI is InChI=1S/C22H29F21O3Si3/c1-47(2,3)45-49(7,46-48(4,5)6)12-8-10-44-11-9-13(23,24)14(25,26)15(27,28)16(29,30)17(31,32)18(33,34)19(35,36)20(37,38)21(39,40)22(41,42)43/h8,12H,9-11H2,1-7H3/b12-8+. The van der Waals surface area contributed by atoms with Gasteiger partial charge in [0.15, 0.2) is 16.6 Å². The Morgan fingerprint density at radius 1 is 0.429 bits per heavy atom. The van der Waals surface area contributed by atoms with Gasteiger partial charge in [-0.1, -0.05) is 6.08 Å². The molecule has 0 aromatic carbocycles. The summed E-state index contributed by atoms with van der Waals surface area (Å²) in [5.74, 6) is -77.1. The fourth-order valence-corrected chi connectivity index (χ4v) is 15.0. The van der Waals surface area contributed by atoms with E-state index in [2.05, 4.69) is 4.74 Å². The molecule has 0 amide bonds. The Bertz CT molecular complexity index is 1140. The fourth-order valence-electron chi connectivity index (χ4n) is 3.67. The number of halogens is 21. The molecular weight excluding hydrogens is 795 g/mol. The van der Waals surface area contributed by atoms with Crippen LogP contribution in [0.4, 0.5) is 92.2 Å². The van der Waals surface area contributed by atoms with Crippen molar-refractivity contribution in [3.05, 3.63) is 11.8 Å². The van der Waals surface area contributed by atoms with Crippen molar-refractivity contribution in [1.29, 1.82) is 0 Å². The first kappa shape index (κ1) is 47.8. The molecule has 0 bridgehead atoms. The first-order valence-electron chi connectivity index (χ1n) is 13.0. The van der Waals surface area contributed by atoms with Crippen LogP contribution in [0, 0.1) is 0 Å². The summed E-state index contributed by atoms with van der Waals surface area (Å²) in [4.78, 5) is 0. The summed E-state index contributed by atoms with van der Waals surface area (Å²) in [6.45, 7) is 9.39. The van der Waals surface area contributed by atoms with Crippen LogP contribution in [0.25, 0.3) is 0 Å². The van der Waals surface area contributed by atoms with Crippen LogP contribution in [0.1, 0.15) is 6.42 Å². The average Bonchev–Trinajstić information content (AvgIpc) is 2.81. The maximum atomic E-state index is 14.1. The number of alkyl halides is 21. The second kappa shape index (κ2) is 13.7. The van der Waals surface area contributed by atoms with Crippen molar-refractivity contribution in [3.63, 3.8) is 0 Å². The fraction of sp³-hybridized carbons (Fsp3) is 0.909. The molecule has 0 atom stereocenters. The van der Waals surface area contributed by atoms with Gasteiger partial charge in [-0.25, -0.2) is 0 Å². The zero-order valence-electron chi connectivity index (χ0n) is 25.9. The highest BCUT2D eigenvalue weighted by molar-refractivity contribution is 6.89. The van der Waals surface area contributed by atoms with Gasteiger partial charge in [0.1, 0.15) is 0 Å². The average molecular weight is 825 g/mol. The summed E-state index contributed by atoms with van der Waals surface area (Å²) >= 11 is 0. The molecule has 0 aliphatic rings. The summed E-state index contributed by atoms with van der Waals surface area (Å²) in [6, 6.07) is 0. The minimum atomic E-state index is -9.19. The first-order chi connectivity index (χ1) is 20.9. The molecule has 27 heteroatoms. The second-order valence-corrected chi connectivity index (χ2v) is 24.9. The van der Waals surface area contributed by atoms with Crippen molar-refractivity contribution in [3.8, 4) is 0 Å². The van der Waals surface area contributed by atoms with Crippen LogP contribution in [0.5, 0.6) is 0 Å². The van der Waals surface area contributed by atoms with Crippen molar-refractivity contribution in [2.24, 2.45) is 0 Å². The third kappa shape index (κ3) is 8.89. The Labute approximate surface area is 267 Å². The molecule has 0 saturated heterocycles. The largest absolute Gasteiger partial charge is 0.460 e. The van der Waals surface area contributed by atoms with Crippen molar-refractivity contribution < 1.29 is 105 Å². The summed E-state index contributed by atoms with van der Waals surface area (Å²) in [6.07, 6.45) is -9.82. The van der Waals surface area contributed by atoms with E-state index in [0.717, 1.165) is 6.08 Å². The summed E-state index contributed by atoms with van der Waals surface area (Å²) < 4.78 is 300. The molecule has 0 radical (unpaired) electrons. The van der Waals surface area contributed by atoms with Crippen LogP contribution < -0.4 is 0 Å². The zero-order chi connectivity index (χ0) is 40.2. The van der Waals surface area contributed by atoms with Crippen LogP contribution in [0.3, 0.4) is 0 Å². The zero-order valence-corrected chi connectivity index (χ0v) is 28.9. The van der Waals surface area contributed by atoms with Crippen molar-refractivity contribution in [1.82, 2.24) is 0 Å². The molecule has 0 N–H and O–H groups in total. The number of rotatable bonds is 18. The van der Waals surface area contributed by atoms with E-state index in [0.29, 0.717) is 0 Å². The third-order valence-electron chi connectivity index (χ3n) is 5.79. The van der Waals surface area contributed by atoms with Gasteiger partial charge in [0.05, 0.1) is 13.2 Å². The van der Waals surface area contributed by atoms with E-state index in [9.17, 15) is 92.2 Å². The highest BCUT2D eigenvalue weighted by atomic mass is 28.5. The van der Waals surface area contributed by atoms with Gasteiger partial charge in [0.25, 0.3) is 0 Å². The summed E-state index contributed by atoms with van der Waals surface area (Å²) in [5.41, 5.74) is 1.29. The van der Waals surface area contributed by atoms with Gasteiger partial charge in [-0.05, 0) is 51.5 Å². The smallest absolute Gasteiger partial charge is 0.434 e. The van der Waals surface area contributed by atoms with Gasteiger partial charge in [0, 0.05) is 6.42 Å². The molecule has 49 heavy (non-hydrogen) atoms. The van der Waals surface area contributed by atoms with E-state index >= 15 is 0 Å². The summed E-state index contributed by atoms with van der Waals surface area (Å²) in [7, 11) is -7.82. The minimum absolute atomic E-state index is 0.836. The molecule has 0 aliphatic carbocycles. The molecule has 0 spiro atoms. The predicted octanol–water partition coefficient (Wildman–Crippen LogP) is 10.5. The van der Waals surface area contributed by atoms with Crippen LogP contribution in [-0.2, 0) is 13.0 Å². The molecule has 0 fully saturated rings. The lowest BCUT2D eigenvalue weighted by atomic mass is 9.86. The number of ether oxygens (including phenoxy) is 1. The van der Waals surface area contributed by atoms with Gasteiger partial charge in [-0.2, -0.15) is 92.2 Å². The predicted molar refractivity (Wildman–Crippen MR) is 136 cm³/mol. The maximum absolute atomic E-state index is 14.1. The molecule has 0 heterocycles. The Balaban J connectivity index is 6.33. The highest BCUT2D eigenvalue weighted by Gasteiger charge is 2.97. The quantitative estimate of drug-likeness (QED) is 0.0783. The van der Waals surface area contributed by atoms with Crippen molar-refractivity contribution in [2.75, 3.05) is 13.2 Å². The van der Waals surface area contributed by atoms with Crippen LogP contribution >= 0.6 is 0 Å². The molecule has 0 rings (SSSR count). The van der Waals surface area contributed by atoms with Gasteiger partial charge >= 0.3 is 68.0 Å². The van der Waals surface area contributed by atoms with E-state index in [1.807, 2.05) is 0 Å². The molecule has 0 unspecified atom stereocenters. The molecule has 0 aliphatic heterocycles. The van der Waals surface area contributed by atoms with Crippen LogP contribution in [0.2, 0.25) is 45.8 Å². The van der Waals surface area contributed by atoms with Gasteiger partial charge in [-0.15, -0.1) is 0 Å². The molecule has 294 valence electrons. The SMILES string of the molecule is C[Si](C)(C)O[Si](C)(/C=C/COCCC(F)(F)C(F)(F)C(F)(F)C(F)(F)C(F)(F)C(F)(F)C(F)(F)C(F)(F)C(F)(F)C(F)(F)F)O[Si](C)(C)C. The van der Waals surface area contributed by atoms with Gasteiger partial charge in [0.2, 0.25) is 0 Å². The Hall–Kier alpha value is -1.20. The second-order valence-electron chi connectivity index (χ2n) is 12.5. The lowest BCUT2D eigenvalue weighted by Gasteiger charge is -2.44. The monoisotopic (exact) mass is 824 g/mol. The molecule has 3 nitrogen and oxygen atoms in total. The Morgan fingerprint density at radius 3 is 1.00 bits per heavy atom. The van der Waals surface area contributed by atoms with E-state index < -0.39 is 104 Å². The van der Waals surface area contributed by atoms with Crippen LogP contribution in [-0.4, -0.2) is 97.9 Å². The topological polar surface area (TPSA) is 27.7 Å². The van der Waals surface area contributed by atoms with Crippen LogP contribution in [0.15, 0.2) is 11.8 Å². The van der Waals surface area contributed by atoms with Gasteiger partial charge in [-0.3, -0.25) is 0 Å². The number of hydrogen-bond donors (Lipinski definition) is 0. The van der Waals surface area contributed by atoms with Crippen molar-refractivity contribution in [2.45, 2.75) is 112 Å². The Morgan fingerprint density at radius 2 is 0.714 bits per heavy atom. The van der Waals surface area contributed by atoms with E-state index in [1.165, 1.54) is 12.2 Å². The maximum Gasteiger partial charge on any atom is 0.460 e. The number of hydrogen-bond acceptors (Lipinski definition) is 3. The van der Waals surface area contributed by atoms with E-state index in [4.69, 9.17) is 8.23 Å². The van der Waals surface area contributed by atoms with Crippen molar-refractivity contribution >= 4 is 25.2 Å². The molecular formula is C22H29F21O3Si3. The minimum Gasteiger partial charge on any atom is -0.434 e. The lowest BCUT2D eigenvalue weighted by molar-refractivity contribution is -0.474. The van der Waals surface area contributed by atoms with E-state index in [1.54, 1.807) is 39.3 Å². The molecule has 0 aromatic rings. The van der Waals surface area contributed by atoms with E-state index in [-0.39, 0.29) is 0 Å². The normalized spacial score (nSPS) is 16.6. The third-order valence-corrected chi connectivity index (χ3v) is 14.8. The lowest BCUT2D eigenvalue weighted by Crippen LogP contribution is -2.76. The molecule has 0 saturated carbocycles. The first-order valence-corrected chi connectivity index (χ1v) is 22.2. The van der Waals surface area contributed by atoms with Gasteiger partial charge < -0.3 is 13.0 Å². The highest BCUT2D eigenvalue weighted by Crippen LogP contribution is 2.66. The summed E-state index contributed by atoms with van der Waals surface area (Å²) in [5, 5.41) is 0. The molecule has 0 aromatic heterocycles.